The van der Waals surface area contributed by atoms with Gasteiger partial charge in [0.25, 0.3) is 5.91 Å². The van der Waals surface area contributed by atoms with Crippen LogP contribution in [0.2, 0.25) is 0 Å². The first kappa shape index (κ1) is 13.8. The number of nitrogens with one attached hydrogen (secondary N) is 1. The fraction of sp³-hybridized carbons (Fsp3) is 0.462. The molecule has 2 nitrogen and oxygen atoms in total. The lowest BCUT2D eigenvalue weighted by molar-refractivity contribution is -0.170. The Morgan fingerprint density at radius 3 is 2.26 bits per heavy atom. The Balaban J connectivity index is 2.12. The van der Waals surface area contributed by atoms with Gasteiger partial charge in [0, 0.05) is 0 Å². The van der Waals surface area contributed by atoms with Gasteiger partial charge < -0.3 is 5.32 Å². The quantitative estimate of drug-likeness (QED) is 0.822. The molecule has 104 valence electrons. The standard InChI is InChI=1S/C13H13F4NO/c14-11(15)13(16,17)12(19)18-10(9-6-7-9)8-4-2-1-3-5-8/h1-5,9-11H,6-7H2,(H,18,19). The predicted octanol–water partition coefficient (Wildman–Crippen LogP) is 3.15. The number of hydrogen-bond donors (Lipinski definition) is 1. The summed E-state index contributed by atoms with van der Waals surface area (Å²) in [5, 5.41) is 2.05. The van der Waals surface area contributed by atoms with E-state index in [-0.39, 0.29) is 5.92 Å². The minimum Gasteiger partial charge on any atom is -0.344 e. The zero-order valence-electron chi connectivity index (χ0n) is 9.95. The van der Waals surface area contributed by atoms with Crippen LogP contribution < -0.4 is 5.32 Å². The van der Waals surface area contributed by atoms with Gasteiger partial charge in [0.15, 0.2) is 0 Å². The van der Waals surface area contributed by atoms with Crippen LogP contribution in [0.25, 0.3) is 0 Å². The zero-order chi connectivity index (χ0) is 14.0. The highest BCUT2D eigenvalue weighted by molar-refractivity contribution is 5.84. The molecule has 1 saturated carbocycles. The average Bonchev–Trinajstić information content (AvgIpc) is 3.20. The van der Waals surface area contributed by atoms with Crippen LogP contribution in [0.1, 0.15) is 24.4 Å². The van der Waals surface area contributed by atoms with E-state index in [0.29, 0.717) is 5.56 Å². The third-order valence-electron chi connectivity index (χ3n) is 3.12. The van der Waals surface area contributed by atoms with Crippen LogP contribution in [0.4, 0.5) is 17.6 Å². The molecule has 1 aliphatic rings. The van der Waals surface area contributed by atoms with Crippen molar-refractivity contribution in [2.75, 3.05) is 0 Å². The molecule has 1 N–H and O–H groups in total. The van der Waals surface area contributed by atoms with Crippen molar-refractivity contribution in [3.63, 3.8) is 0 Å². The molecule has 0 heterocycles. The van der Waals surface area contributed by atoms with E-state index in [1.165, 1.54) is 0 Å². The Kier molecular flexibility index (Phi) is 3.78. The van der Waals surface area contributed by atoms with Gasteiger partial charge in [-0.15, -0.1) is 0 Å². The number of amides is 1. The van der Waals surface area contributed by atoms with Crippen LogP contribution in [0.5, 0.6) is 0 Å². The summed E-state index contributed by atoms with van der Waals surface area (Å²) in [7, 11) is 0. The lowest BCUT2D eigenvalue weighted by Gasteiger charge is -2.22. The molecule has 1 amide bonds. The summed E-state index contributed by atoms with van der Waals surface area (Å²) in [5.41, 5.74) is 0.656. The van der Waals surface area contributed by atoms with Crippen LogP contribution >= 0.6 is 0 Å². The van der Waals surface area contributed by atoms with Gasteiger partial charge in [0.1, 0.15) is 0 Å². The Morgan fingerprint density at radius 2 is 1.79 bits per heavy atom. The van der Waals surface area contributed by atoms with Crippen LogP contribution in [-0.2, 0) is 4.79 Å². The molecule has 0 radical (unpaired) electrons. The van der Waals surface area contributed by atoms with E-state index in [0.717, 1.165) is 12.8 Å². The topological polar surface area (TPSA) is 29.1 Å². The van der Waals surface area contributed by atoms with Gasteiger partial charge >= 0.3 is 12.3 Å². The van der Waals surface area contributed by atoms with Gasteiger partial charge in [-0.1, -0.05) is 30.3 Å². The van der Waals surface area contributed by atoms with Gasteiger partial charge in [-0.05, 0) is 24.3 Å². The first-order chi connectivity index (χ1) is 8.93. The monoisotopic (exact) mass is 275 g/mol. The van der Waals surface area contributed by atoms with E-state index in [1.54, 1.807) is 30.3 Å². The second-order valence-corrected chi connectivity index (χ2v) is 4.62. The summed E-state index contributed by atoms with van der Waals surface area (Å²) in [6.45, 7) is 0. The SMILES string of the molecule is O=C(NC(c1ccccc1)C1CC1)C(F)(F)C(F)F. The predicted molar refractivity (Wildman–Crippen MR) is 61.0 cm³/mol. The van der Waals surface area contributed by atoms with E-state index < -0.39 is 24.3 Å². The van der Waals surface area contributed by atoms with Gasteiger partial charge in [-0.25, -0.2) is 8.78 Å². The van der Waals surface area contributed by atoms with Crippen molar-refractivity contribution in [3.8, 4) is 0 Å². The number of benzene rings is 1. The van der Waals surface area contributed by atoms with E-state index in [4.69, 9.17) is 0 Å². The molecule has 1 aromatic carbocycles. The highest BCUT2D eigenvalue weighted by Gasteiger charge is 2.50. The second-order valence-electron chi connectivity index (χ2n) is 4.62. The number of hydrogen-bond acceptors (Lipinski definition) is 1. The number of carbonyl (C=O) groups excluding carboxylic acids is 1. The molecule has 0 aromatic heterocycles. The second kappa shape index (κ2) is 5.19. The van der Waals surface area contributed by atoms with Crippen LogP contribution in [0.3, 0.4) is 0 Å². The molecule has 1 aromatic rings. The van der Waals surface area contributed by atoms with Crippen LogP contribution in [0, 0.1) is 5.92 Å². The van der Waals surface area contributed by atoms with Crippen molar-refractivity contribution in [3.05, 3.63) is 35.9 Å². The average molecular weight is 275 g/mol. The van der Waals surface area contributed by atoms with Crippen molar-refractivity contribution >= 4 is 5.91 Å². The maximum Gasteiger partial charge on any atom is 0.383 e. The Labute approximate surface area is 107 Å². The normalized spacial score (nSPS) is 17.3. The number of carbonyl (C=O) groups is 1. The van der Waals surface area contributed by atoms with Crippen molar-refractivity contribution in [2.24, 2.45) is 5.92 Å². The molecule has 1 aliphatic carbocycles. The maximum atomic E-state index is 12.9. The van der Waals surface area contributed by atoms with E-state index in [2.05, 4.69) is 0 Å². The molecular weight excluding hydrogens is 262 g/mol. The van der Waals surface area contributed by atoms with Crippen molar-refractivity contribution in [2.45, 2.75) is 31.2 Å². The first-order valence-electron chi connectivity index (χ1n) is 5.95. The highest BCUT2D eigenvalue weighted by atomic mass is 19.3. The molecule has 1 unspecified atom stereocenters. The lowest BCUT2D eigenvalue weighted by Crippen LogP contribution is -2.46. The molecule has 2 rings (SSSR count). The molecule has 0 spiro atoms. The summed E-state index contributed by atoms with van der Waals surface area (Å²) in [6.07, 6.45) is -2.41. The Bertz CT molecular complexity index is 445. The zero-order valence-corrected chi connectivity index (χ0v) is 9.95. The molecule has 0 aliphatic heterocycles. The van der Waals surface area contributed by atoms with Crippen LogP contribution in [0.15, 0.2) is 30.3 Å². The Hall–Kier alpha value is -1.59. The highest BCUT2D eigenvalue weighted by Crippen LogP contribution is 2.41. The molecule has 0 bridgehead atoms. The van der Waals surface area contributed by atoms with Crippen LogP contribution in [-0.4, -0.2) is 18.3 Å². The lowest BCUT2D eigenvalue weighted by atomic mass is 10.0. The largest absolute Gasteiger partial charge is 0.383 e. The van der Waals surface area contributed by atoms with Crippen molar-refractivity contribution < 1.29 is 22.4 Å². The van der Waals surface area contributed by atoms with Gasteiger partial charge in [0.05, 0.1) is 6.04 Å². The minimum atomic E-state index is -4.65. The maximum absolute atomic E-state index is 12.9. The summed E-state index contributed by atoms with van der Waals surface area (Å²) >= 11 is 0. The summed E-state index contributed by atoms with van der Waals surface area (Å²) in [4.78, 5) is 11.3. The summed E-state index contributed by atoms with van der Waals surface area (Å²) < 4.78 is 50.1. The van der Waals surface area contributed by atoms with Gasteiger partial charge in [0.2, 0.25) is 0 Å². The molecule has 1 atom stereocenters. The van der Waals surface area contributed by atoms with E-state index in [9.17, 15) is 22.4 Å². The van der Waals surface area contributed by atoms with E-state index in [1.807, 2.05) is 5.32 Å². The van der Waals surface area contributed by atoms with Crippen molar-refractivity contribution in [1.29, 1.82) is 0 Å². The van der Waals surface area contributed by atoms with Gasteiger partial charge in [-0.3, -0.25) is 4.79 Å². The minimum absolute atomic E-state index is 0.0415. The number of rotatable bonds is 5. The van der Waals surface area contributed by atoms with Gasteiger partial charge in [-0.2, -0.15) is 8.78 Å². The molecule has 19 heavy (non-hydrogen) atoms. The smallest absolute Gasteiger partial charge is 0.344 e. The summed E-state index contributed by atoms with van der Waals surface area (Å²) in [6, 6.07) is 7.92. The number of alkyl halides is 4. The van der Waals surface area contributed by atoms with E-state index >= 15 is 0 Å². The molecular formula is C13H13F4NO. The number of halogens is 4. The molecule has 1 fully saturated rings. The first-order valence-corrected chi connectivity index (χ1v) is 5.95. The third-order valence-corrected chi connectivity index (χ3v) is 3.12. The third kappa shape index (κ3) is 3.05. The summed E-state index contributed by atoms with van der Waals surface area (Å²) in [5.74, 6) is -6.52. The fourth-order valence-electron chi connectivity index (χ4n) is 1.90. The van der Waals surface area contributed by atoms with Crippen molar-refractivity contribution in [1.82, 2.24) is 5.32 Å². The fourth-order valence-corrected chi connectivity index (χ4v) is 1.90. The Morgan fingerprint density at radius 1 is 1.21 bits per heavy atom. The molecule has 6 heteroatoms. The molecule has 0 saturated heterocycles.